The lowest BCUT2D eigenvalue weighted by atomic mass is 9.73. The van der Waals surface area contributed by atoms with Crippen LogP contribution in [-0.4, -0.2) is 34.8 Å². The van der Waals surface area contributed by atoms with Crippen LogP contribution in [-0.2, 0) is 9.59 Å². The summed E-state index contributed by atoms with van der Waals surface area (Å²) < 4.78 is 5.77. The Bertz CT molecular complexity index is 904. The fourth-order valence-electron chi connectivity index (χ4n) is 4.36. The maximum absolute atomic E-state index is 13.0. The number of fused-ring (bicyclic) bond motifs is 1. The van der Waals surface area contributed by atoms with E-state index in [0.717, 1.165) is 35.1 Å². The molecule has 3 atom stereocenters. The molecule has 4 amide bonds. The van der Waals surface area contributed by atoms with E-state index in [9.17, 15) is 14.4 Å². The van der Waals surface area contributed by atoms with Crippen LogP contribution in [0.15, 0.2) is 34.7 Å². The van der Waals surface area contributed by atoms with E-state index in [-0.39, 0.29) is 24.4 Å². The monoisotopic (exact) mass is 383 g/mol. The highest BCUT2D eigenvalue weighted by atomic mass is 16.3. The van der Waals surface area contributed by atoms with Crippen molar-refractivity contribution in [2.45, 2.75) is 51.1 Å². The van der Waals surface area contributed by atoms with Gasteiger partial charge in [-0.1, -0.05) is 38.0 Å². The summed E-state index contributed by atoms with van der Waals surface area (Å²) in [6, 6.07) is 8.64. The van der Waals surface area contributed by atoms with Gasteiger partial charge in [0, 0.05) is 5.39 Å². The number of benzene rings is 1. The molecule has 1 aromatic heterocycles. The van der Waals surface area contributed by atoms with Crippen LogP contribution in [0.4, 0.5) is 4.79 Å². The van der Waals surface area contributed by atoms with Crippen LogP contribution in [0.3, 0.4) is 0 Å². The Balaban J connectivity index is 1.43. The molecule has 2 fully saturated rings. The van der Waals surface area contributed by atoms with Gasteiger partial charge < -0.3 is 15.1 Å². The van der Waals surface area contributed by atoms with Crippen LogP contribution in [0.1, 0.15) is 51.3 Å². The summed E-state index contributed by atoms with van der Waals surface area (Å²) >= 11 is 0. The average Bonchev–Trinajstić information content (AvgIpc) is 3.20. The second-order valence-electron chi connectivity index (χ2n) is 7.92. The van der Waals surface area contributed by atoms with Gasteiger partial charge in [-0.05, 0) is 37.8 Å². The number of rotatable bonds is 4. The van der Waals surface area contributed by atoms with E-state index in [1.54, 1.807) is 0 Å². The summed E-state index contributed by atoms with van der Waals surface area (Å²) in [4.78, 5) is 38.9. The zero-order chi connectivity index (χ0) is 19.9. The van der Waals surface area contributed by atoms with Gasteiger partial charge >= 0.3 is 6.03 Å². The molecule has 148 valence electrons. The molecule has 0 radical (unpaired) electrons. The van der Waals surface area contributed by atoms with E-state index in [0.29, 0.717) is 12.2 Å². The van der Waals surface area contributed by atoms with E-state index < -0.39 is 17.5 Å². The fraction of sp³-hybridized carbons (Fsp3) is 0.476. The first-order chi connectivity index (χ1) is 13.4. The van der Waals surface area contributed by atoms with Crippen molar-refractivity contribution in [2.75, 3.05) is 6.54 Å². The van der Waals surface area contributed by atoms with Crippen LogP contribution in [0.25, 0.3) is 11.0 Å². The van der Waals surface area contributed by atoms with Gasteiger partial charge in [0.2, 0.25) is 5.91 Å². The smallest absolute Gasteiger partial charge is 0.325 e. The summed E-state index contributed by atoms with van der Waals surface area (Å²) in [5.41, 5.74) is -0.0964. The highest BCUT2D eigenvalue weighted by Gasteiger charge is 2.55. The third-order valence-corrected chi connectivity index (χ3v) is 6.05. The predicted octanol–water partition coefficient (Wildman–Crippen LogP) is 3.11. The molecule has 7 heteroatoms. The normalized spacial score (nSPS) is 25.9. The number of imide groups is 1. The van der Waals surface area contributed by atoms with Crippen LogP contribution in [0.2, 0.25) is 0 Å². The third kappa shape index (κ3) is 3.04. The average molecular weight is 383 g/mol. The third-order valence-electron chi connectivity index (χ3n) is 6.05. The summed E-state index contributed by atoms with van der Waals surface area (Å²) in [6.07, 6.45) is 3.49. The molecule has 1 aliphatic heterocycles. The van der Waals surface area contributed by atoms with E-state index in [4.69, 9.17) is 4.42 Å². The van der Waals surface area contributed by atoms with Crippen LogP contribution >= 0.6 is 0 Å². The molecule has 1 saturated heterocycles. The largest absolute Gasteiger partial charge is 0.459 e. The van der Waals surface area contributed by atoms with Crippen molar-refractivity contribution in [2.24, 2.45) is 5.92 Å². The van der Waals surface area contributed by atoms with E-state index in [1.807, 2.05) is 44.2 Å². The highest BCUT2D eigenvalue weighted by Crippen LogP contribution is 2.38. The number of nitrogens with one attached hydrogen (secondary N) is 2. The van der Waals surface area contributed by atoms with Crippen molar-refractivity contribution >= 4 is 28.8 Å². The second-order valence-corrected chi connectivity index (χ2v) is 7.92. The Morgan fingerprint density at radius 2 is 2.14 bits per heavy atom. The summed E-state index contributed by atoms with van der Waals surface area (Å²) in [6.45, 7) is 3.51. The number of nitrogens with zero attached hydrogens (tertiary/aromatic N) is 1. The molecule has 2 N–H and O–H groups in total. The summed E-state index contributed by atoms with van der Waals surface area (Å²) in [5.74, 6) is 0.0255. The lowest BCUT2D eigenvalue weighted by molar-refractivity contribution is -0.137. The van der Waals surface area contributed by atoms with Gasteiger partial charge in [0.25, 0.3) is 5.91 Å². The molecular weight excluding hydrogens is 358 g/mol. The number of hydrogen-bond acceptors (Lipinski definition) is 4. The van der Waals surface area contributed by atoms with Crippen molar-refractivity contribution in [3.63, 3.8) is 0 Å². The number of urea groups is 1. The van der Waals surface area contributed by atoms with Crippen molar-refractivity contribution in [1.29, 1.82) is 0 Å². The Labute approximate surface area is 163 Å². The van der Waals surface area contributed by atoms with Gasteiger partial charge in [0.05, 0.1) is 6.04 Å². The lowest BCUT2D eigenvalue weighted by Crippen LogP contribution is -2.54. The van der Waals surface area contributed by atoms with Crippen molar-refractivity contribution in [3.8, 4) is 0 Å². The van der Waals surface area contributed by atoms with Crippen LogP contribution in [0.5, 0.6) is 0 Å². The lowest BCUT2D eigenvalue weighted by Gasteiger charge is -2.36. The van der Waals surface area contributed by atoms with Gasteiger partial charge in [-0.2, -0.15) is 0 Å². The summed E-state index contributed by atoms with van der Waals surface area (Å²) in [7, 11) is 0. The van der Waals surface area contributed by atoms with Gasteiger partial charge in [-0.15, -0.1) is 0 Å². The Morgan fingerprint density at radius 1 is 1.36 bits per heavy atom. The Kier molecular flexibility index (Phi) is 4.61. The van der Waals surface area contributed by atoms with E-state index in [2.05, 4.69) is 10.6 Å². The second kappa shape index (κ2) is 6.96. The molecule has 2 heterocycles. The first kappa shape index (κ1) is 18.5. The fourth-order valence-corrected chi connectivity index (χ4v) is 4.36. The van der Waals surface area contributed by atoms with Gasteiger partial charge in [0.15, 0.2) is 0 Å². The molecule has 0 unspecified atom stereocenters. The maximum Gasteiger partial charge on any atom is 0.325 e. The number of hydrogen-bond donors (Lipinski definition) is 2. The number of amides is 4. The molecular formula is C21H25N3O4. The topological polar surface area (TPSA) is 91.7 Å². The molecule has 1 saturated carbocycles. The van der Waals surface area contributed by atoms with Crippen LogP contribution < -0.4 is 10.6 Å². The van der Waals surface area contributed by atoms with Crippen LogP contribution in [0, 0.1) is 5.92 Å². The first-order valence-electron chi connectivity index (χ1n) is 9.82. The number of para-hydroxylation sites is 1. The first-order valence-corrected chi connectivity index (χ1v) is 9.82. The number of carbonyl (C=O) groups excluding carboxylic acids is 3. The van der Waals surface area contributed by atoms with E-state index in [1.165, 1.54) is 0 Å². The summed E-state index contributed by atoms with van der Waals surface area (Å²) in [5, 5.41) is 6.65. The van der Waals surface area contributed by atoms with Gasteiger partial charge in [-0.3, -0.25) is 14.5 Å². The molecule has 4 rings (SSSR count). The molecule has 2 aliphatic rings. The molecule has 7 nitrogen and oxygen atoms in total. The van der Waals surface area contributed by atoms with Crippen molar-refractivity contribution < 1.29 is 18.8 Å². The quantitative estimate of drug-likeness (QED) is 0.794. The van der Waals surface area contributed by atoms with Crippen molar-refractivity contribution in [1.82, 2.24) is 15.5 Å². The SMILES string of the molecule is C[C@H](NC(=O)CN1C(=O)N[C@]2(CCCC[C@@H]2C)C1=O)c1cc2ccccc2o1. The molecule has 1 aliphatic carbocycles. The molecule has 1 aromatic carbocycles. The molecule has 0 bridgehead atoms. The number of furan rings is 1. The molecule has 28 heavy (non-hydrogen) atoms. The Hall–Kier alpha value is -2.83. The Morgan fingerprint density at radius 3 is 2.89 bits per heavy atom. The number of carbonyl (C=O) groups is 3. The zero-order valence-corrected chi connectivity index (χ0v) is 16.2. The molecule has 1 spiro atoms. The van der Waals surface area contributed by atoms with Gasteiger partial charge in [-0.25, -0.2) is 4.79 Å². The predicted molar refractivity (Wildman–Crippen MR) is 103 cm³/mol. The van der Waals surface area contributed by atoms with Crippen molar-refractivity contribution in [3.05, 3.63) is 36.1 Å². The highest BCUT2D eigenvalue weighted by molar-refractivity contribution is 6.09. The minimum absolute atomic E-state index is 0.0697. The zero-order valence-electron chi connectivity index (χ0n) is 16.2. The van der Waals surface area contributed by atoms with E-state index >= 15 is 0 Å². The minimum Gasteiger partial charge on any atom is -0.459 e. The minimum atomic E-state index is -0.847. The molecule has 2 aromatic rings. The van der Waals surface area contributed by atoms with Gasteiger partial charge in [0.1, 0.15) is 23.4 Å². The maximum atomic E-state index is 13.0. The standard InChI is InChI=1S/C21H25N3O4/c1-13-7-5-6-10-21(13)19(26)24(20(27)23-21)12-18(25)22-14(2)17-11-15-8-3-4-9-16(15)28-17/h3-4,8-9,11,13-14H,5-7,10,12H2,1-2H3,(H,22,25)(H,23,27)/t13-,14-,21-/m0/s1.